The Morgan fingerprint density at radius 1 is 1.36 bits per heavy atom. The van der Waals surface area contributed by atoms with Crippen molar-refractivity contribution in [2.24, 2.45) is 0 Å². The molecule has 1 heterocycles. The van der Waals surface area contributed by atoms with Crippen LogP contribution in [0.25, 0.3) is 10.1 Å². The van der Waals surface area contributed by atoms with E-state index < -0.39 is 7.12 Å². The molecule has 14 heavy (non-hydrogen) atoms. The third kappa shape index (κ3) is 1.55. The van der Waals surface area contributed by atoms with Gasteiger partial charge in [-0.3, -0.25) is 0 Å². The first-order valence-corrected chi connectivity index (χ1v) is 5.33. The fraction of sp³-hybridized carbons (Fsp3) is 0.111. The lowest BCUT2D eigenvalue weighted by Gasteiger charge is -2.05. The summed E-state index contributed by atoms with van der Waals surface area (Å²) in [6.45, 7) is 1.85. The molecule has 1 aromatic heterocycles. The van der Waals surface area contributed by atoms with Gasteiger partial charge in [0.25, 0.3) is 0 Å². The van der Waals surface area contributed by atoms with Crippen molar-refractivity contribution in [3.05, 3.63) is 28.1 Å². The number of hydrogen-bond donors (Lipinski definition) is 2. The van der Waals surface area contributed by atoms with E-state index in [2.05, 4.69) is 0 Å². The van der Waals surface area contributed by atoms with Crippen LogP contribution in [-0.4, -0.2) is 17.2 Å². The standard InChI is InChI=1S/C9H8BClO2S/c1-5-2-3-7-6(4-8(11)14-7)9(5)10(12)13/h2-4,12-13H,1H3. The molecular formula is C9H8BClO2S. The average molecular weight is 226 g/mol. The van der Waals surface area contributed by atoms with Crippen molar-refractivity contribution in [2.75, 3.05) is 0 Å². The van der Waals surface area contributed by atoms with E-state index in [0.29, 0.717) is 9.80 Å². The molecule has 72 valence electrons. The maximum absolute atomic E-state index is 9.23. The number of hydrogen-bond acceptors (Lipinski definition) is 3. The Hall–Kier alpha value is -0.545. The first-order valence-electron chi connectivity index (χ1n) is 4.14. The number of aryl methyl sites for hydroxylation is 1. The summed E-state index contributed by atoms with van der Waals surface area (Å²) < 4.78 is 1.64. The minimum atomic E-state index is -1.44. The van der Waals surface area contributed by atoms with Gasteiger partial charge in [0.15, 0.2) is 0 Å². The van der Waals surface area contributed by atoms with Gasteiger partial charge in [-0.05, 0) is 29.9 Å². The summed E-state index contributed by atoms with van der Waals surface area (Å²) >= 11 is 7.30. The maximum Gasteiger partial charge on any atom is 0.489 e. The third-order valence-corrected chi connectivity index (χ3v) is 3.42. The highest BCUT2D eigenvalue weighted by Gasteiger charge is 2.18. The van der Waals surface area contributed by atoms with Crippen LogP contribution in [0, 0.1) is 6.92 Å². The molecule has 2 rings (SSSR count). The van der Waals surface area contributed by atoms with Crippen molar-refractivity contribution in [1.29, 1.82) is 0 Å². The molecule has 2 N–H and O–H groups in total. The molecule has 0 atom stereocenters. The van der Waals surface area contributed by atoms with E-state index in [0.717, 1.165) is 15.6 Å². The van der Waals surface area contributed by atoms with Crippen molar-refractivity contribution in [3.63, 3.8) is 0 Å². The van der Waals surface area contributed by atoms with Gasteiger partial charge in [0.2, 0.25) is 0 Å². The van der Waals surface area contributed by atoms with E-state index in [-0.39, 0.29) is 0 Å². The average Bonchev–Trinajstić information content (AvgIpc) is 2.43. The molecule has 0 aliphatic carbocycles. The van der Waals surface area contributed by atoms with E-state index in [1.165, 1.54) is 11.3 Å². The fourth-order valence-electron chi connectivity index (χ4n) is 1.55. The second kappa shape index (κ2) is 3.55. The lowest BCUT2D eigenvalue weighted by Crippen LogP contribution is -2.32. The molecule has 0 amide bonds. The zero-order valence-electron chi connectivity index (χ0n) is 7.49. The predicted octanol–water partition coefficient (Wildman–Crippen LogP) is 1.54. The Balaban J connectivity index is 2.82. The molecule has 2 nitrogen and oxygen atoms in total. The van der Waals surface area contributed by atoms with Gasteiger partial charge in [-0.1, -0.05) is 23.2 Å². The number of fused-ring (bicyclic) bond motifs is 1. The molecule has 0 bridgehead atoms. The predicted molar refractivity (Wildman–Crippen MR) is 61.4 cm³/mol. The highest BCUT2D eigenvalue weighted by Crippen LogP contribution is 2.28. The fourth-order valence-corrected chi connectivity index (χ4v) is 2.71. The number of rotatable bonds is 1. The summed E-state index contributed by atoms with van der Waals surface area (Å²) in [6, 6.07) is 5.57. The molecule has 0 fully saturated rings. The van der Waals surface area contributed by atoms with Crippen LogP contribution in [0.5, 0.6) is 0 Å². The van der Waals surface area contributed by atoms with Crippen LogP contribution in [0.3, 0.4) is 0 Å². The van der Waals surface area contributed by atoms with Crippen LogP contribution in [0.4, 0.5) is 0 Å². The van der Waals surface area contributed by atoms with Crippen LogP contribution in [0.2, 0.25) is 4.34 Å². The van der Waals surface area contributed by atoms with Gasteiger partial charge >= 0.3 is 7.12 Å². The number of thiophene rings is 1. The van der Waals surface area contributed by atoms with Crippen LogP contribution in [0.1, 0.15) is 5.56 Å². The Morgan fingerprint density at radius 3 is 2.71 bits per heavy atom. The zero-order chi connectivity index (χ0) is 10.3. The topological polar surface area (TPSA) is 40.5 Å². The van der Waals surface area contributed by atoms with Crippen LogP contribution in [-0.2, 0) is 0 Å². The Labute approximate surface area is 90.9 Å². The largest absolute Gasteiger partial charge is 0.489 e. The van der Waals surface area contributed by atoms with Gasteiger partial charge in [0.1, 0.15) is 0 Å². The molecule has 0 radical (unpaired) electrons. The molecule has 2 aromatic rings. The SMILES string of the molecule is Cc1ccc2sc(Cl)cc2c1B(O)O. The van der Waals surface area contributed by atoms with Crippen molar-refractivity contribution < 1.29 is 10.0 Å². The van der Waals surface area contributed by atoms with E-state index in [1.807, 2.05) is 19.1 Å². The highest BCUT2D eigenvalue weighted by atomic mass is 35.5. The van der Waals surface area contributed by atoms with E-state index >= 15 is 0 Å². The van der Waals surface area contributed by atoms with Gasteiger partial charge < -0.3 is 10.0 Å². The molecule has 0 unspecified atom stereocenters. The number of halogens is 1. The molecule has 5 heteroatoms. The van der Waals surface area contributed by atoms with Gasteiger partial charge in [-0.25, -0.2) is 0 Å². The maximum atomic E-state index is 9.23. The second-order valence-corrected chi connectivity index (χ2v) is 4.85. The molecule has 0 saturated heterocycles. The molecule has 0 aliphatic heterocycles. The molecule has 0 saturated carbocycles. The van der Waals surface area contributed by atoms with Crippen molar-refractivity contribution >= 4 is 45.6 Å². The monoisotopic (exact) mass is 226 g/mol. The van der Waals surface area contributed by atoms with Gasteiger partial charge in [-0.15, -0.1) is 11.3 Å². The van der Waals surface area contributed by atoms with E-state index in [1.54, 1.807) is 6.07 Å². The minimum absolute atomic E-state index is 0.547. The molecule has 0 aliphatic rings. The van der Waals surface area contributed by atoms with Crippen molar-refractivity contribution in [2.45, 2.75) is 6.92 Å². The van der Waals surface area contributed by atoms with Crippen LogP contribution in [0.15, 0.2) is 18.2 Å². The lowest BCUT2D eigenvalue weighted by molar-refractivity contribution is 0.426. The normalized spacial score (nSPS) is 10.9. The Bertz CT molecular complexity index is 481. The van der Waals surface area contributed by atoms with Crippen molar-refractivity contribution in [1.82, 2.24) is 0 Å². The summed E-state index contributed by atoms with van der Waals surface area (Å²) in [5, 5.41) is 19.3. The third-order valence-electron chi connectivity index (χ3n) is 2.19. The molecule has 1 aromatic carbocycles. The Morgan fingerprint density at radius 2 is 2.07 bits per heavy atom. The number of benzene rings is 1. The summed E-state index contributed by atoms with van der Waals surface area (Å²) in [6.07, 6.45) is 0. The van der Waals surface area contributed by atoms with Gasteiger partial charge in [-0.2, -0.15) is 0 Å². The Kier molecular flexibility index (Phi) is 2.53. The summed E-state index contributed by atoms with van der Waals surface area (Å²) in [4.78, 5) is 0. The summed E-state index contributed by atoms with van der Waals surface area (Å²) in [7, 11) is -1.44. The minimum Gasteiger partial charge on any atom is -0.423 e. The summed E-state index contributed by atoms with van der Waals surface area (Å²) in [5.74, 6) is 0. The van der Waals surface area contributed by atoms with E-state index in [4.69, 9.17) is 11.6 Å². The second-order valence-electron chi connectivity index (χ2n) is 3.13. The molecular weight excluding hydrogens is 218 g/mol. The lowest BCUT2D eigenvalue weighted by atomic mass is 9.75. The first kappa shape index (κ1) is 9.99. The highest BCUT2D eigenvalue weighted by molar-refractivity contribution is 7.22. The quantitative estimate of drug-likeness (QED) is 0.724. The van der Waals surface area contributed by atoms with Crippen LogP contribution >= 0.6 is 22.9 Å². The summed E-state index contributed by atoms with van der Waals surface area (Å²) in [5.41, 5.74) is 1.41. The molecule has 0 spiro atoms. The smallest absolute Gasteiger partial charge is 0.423 e. The van der Waals surface area contributed by atoms with E-state index in [9.17, 15) is 10.0 Å². The van der Waals surface area contributed by atoms with Crippen LogP contribution < -0.4 is 5.46 Å². The van der Waals surface area contributed by atoms with Gasteiger partial charge in [0, 0.05) is 4.70 Å². The van der Waals surface area contributed by atoms with Gasteiger partial charge in [0.05, 0.1) is 4.34 Å². The first-order chi connectivity index (χ1) is 6.59. The zero-order valence-corrected chi connectivity index (χ0v) is 9.06. The van der Waals surface area contributed by atoms with Crippen molar-refractivity contribution in [3.8, 4) is 0 Å².